The molecule has 4 aromatic carbocycles. The Morgan fingerprint density at radius 1 is 0.903 bits per heavy atom. The van der Waals surface area contributed by atoms with Gasteiger partial charge in [0.05, 0.1) is 11.6 Å². The van der Waals surface area contributed by atoms with Gasteiger partial charge in [0.25, 0.3) is 0 Å². The fraction of sp³-hybridized carbons (Fsp3) is 0.0741. The number of hydrogen-bond acceptors (Lipinski definition) is 4. The van der Waals surface area contributed by atoms with Gasteiger partial charge in [0.15, 0.2) is 11.5 Å². The topological polar surface area (TPSA) is 51.5 Å². The summed E-state index contributed by atoms with van der Waals surface area (Å²) in [6.45, 7) is 0.710. The van der Waals surface area contributed by atoms with Gasteiger partial charge in [0.1, 0.15) is 12.4 Å². The maximum Gasteiger partial charge on any atom is 0.231 e. The molecule has 31 heavy (non-hydrogen) atoms. The molecule has 1 aliphatic rings. The fourth-order valence-electron chi connectivity index (χ4n) is 3.65. The maximum atomic E-state index is 9.63. The second kappa shape index (κ2) is 8.25. The third-order valence-electron chi connectivity index (χ3n) is 5.27. The first-order valence-corrected chi connectivity index (χ1v) is 10.0. The lowest BCUT2D eigenvalue weighted by Gasteiger charge is -2.09. The van der Waals surface area contributed by atoms with Gasteiger partial charge in [-0.3, -0.25) is 0 Å². The molecule has 4 nitrogen and oxygen atoms in total. The molecule has 5 rings (SSSR count). The van der Waals surface area contributed by atoms with Crippen molar-refractivity contribution in [3.63, 3.8) is 0 Å². The largest absolute Gasteiger partial charge is 0.489 e. The molecule has 0 amide bonds. The zero-order chi connectivity index (χ0) is 21.0. The summed E-state index contributed by atoms with van der Waals surface area (Å²) >= 11 is 0. The van der Waals surface area contributed by atoms with Crippen LogP contribution >= 0.6 is 0 Å². The molecule has 1 heterocycles. The van der Waals surface area contributed by atoms with Crippen molar-refractivity contribution in [2.45, 2.75) is 6.61 Å². The first-order valence-electron chi connectivity index (χ1n) is 10.0. The summed E-state index contributed by atoms with van der Waals surface area (Å²) in [5.41, 5.74) is 3.43. The highest BCUT2D eigenvalue weighted by atomic mass is 16.7. The standard InChI is InChI=1S/C27H19NO3/c28-16-23(21-10-13-26-27(15-21)31-18-30-26)14-19-8-11-24(12-9-19)29-17-22-6-3-5-20-4-1-2-7-25(20)22/h1-15H,17-18H2/b23-14-. The van der Waals surface area contributed by atoms with Crippen LogP contribution in [-0.2, 0) is 6.61 Å². The summed E-state index contributed by atoms with van der Waals surface area (Å²) in [6.07, 6.45) is 1.85. The quantitative estimate of drug-likeness (QED) is 0.292. The first-order chi connectivity index (χ1) is 15.3. The Balaban J connectivity index is 1.32. The third-order valence-corrected chi connectivity index (χ3v) is 5.27. The molecule has 0 aromatic heterocycles. The van der Waals surface area contributed by atoms with Gasteiger partial charge in [-0.2, -0.15) is 5.26 Å². The van der Waals surface area contributed by atoms with E-state index in [1.54, 1.807) is 0 Å². The van der Waals surface area contributed by atoms with Crippen LogP contribution in [0.4, 0.5) is 0 Å². The number of allylic oxidation sites excluding steroid dienone is 1. The molecule has 0 saturated heterocycles. The Morgan fingerprint density at radius 3 is 2.58 bits per heavy atom. The molecule has 0 bridgehead atoms. The Morgan fingerprint density at radius 2 is 1.71 bits per heavy atom. The number of rotatable bonds is 5. The number of hydrogen-bond donors (Lipinski definition) is 0. The summed E-state index contributed by atoms with van der Waals surface area (Å²) in [4.78, 5) is 0. The SMILES string of the molecule is N#C/C(=C/c1ccc(OCc2cccc3ccccc23)cc1)c1ccc2c(c1)OCO2. The molecule has 0 atom stereocenters. The highest BCUT2D eigenvalue weighted by Gasteiger charge is 2.14. The van der Waals surface area contributed by atoms with Gasteiger partial charge in [0, 0.05) is 0 Å². The molecule has 0 aliphatic carbocycles. The molecule has 0 spiro atoms. The summed E-state index contributed by atoms with van der Waals surface area (Å²) in [5.74, 6) is 2.15. The second-order valence-corrected chi connectivity index (χ2v) is 7.23. The lowest BCUT2D eigenvalue weighted by atomic mass is 10.0. The van der Waals surface area contributed by atoms with Crippen molar-refractivity contribution in [3.8, 4) is 23.3 Å². The molecule has 0 radical (unpaired) electrons. The number of ether oxygens (including phenoxy) is 3. The van der Waals surface area contributed by atoms with Gasteiger partial charge in [-0.1, -0.05) is 54.6 Å². The van der Waals surface area contributed by atoms with Crippen LogP contribution in [0, 0.1) is 11.3 Å². The minimum absolute atomic E-state index is 0.213. The molecule has 4 aromatic rings. The minimum atomic E-state index is 0.213. The van der Waals surface area contributed by atoms with E-state index in [0.29, 0.717) is 23.7 Å². The van der Waals surface area contributed by atoms with Crippen molar-refractivity contribution in [2.75, 3.05) is 6.79 Å². The highest BCUT2D eigenvalue weighted by Crippen LogP contribution is 2.34. The lowest BCUT2D eigenvalue weighted by Crippen LogP contribution is -1.96. The van der Waals surface area contributed by atoms with Crippen molar-refractivity contribution >= 4 is 22.4 Å². The van der Waals surface area contributed by atoms with E-state index in [0.717, 1.165) is 22.4 Å². The van der Waals surface area contributed by atoms with Crippen LogP contribution in [-0.4, -0.2) is 6.79 Å². The van der Waals surface area contributed by atoms with Crippen LogP contribution in [0.5, 0.6) is 17.2 Å². The molecular weight excluding hydrogens is 386 g/mol. The molecular formula is C27H19NO3. The normalized spacial score (nSPS) is 12.5. The van der Waals surface area contributed by atoms with E-state index < -0.39 is 0 Å². The van der Waals surface area contributed by atoms with E-state index in [-0.39, 0.29) is 6.79 Å². The van der Waals surface area contributed by atoms with E-state index in [9.17, 15) is 5.26 Å². The maximum absolute atomic E-state index is 9.63. The predicted molar refractivity (Wildman–Crippen MR) is 121 cm³/mol. The molecule has 0 N–H and O–H groups in total. The van der Waals surface area contributed by atoms with E-state index in [1.807, 2.05) is 60.7 Å². The monoisotopic (exact) mass is 405 g/mol. The van der Waals surface area contributed by atoms with Gasteiger partial charge in [0.2, 0.25) is 6.79 Å². The number of nitrogens with zero attached hydrogens (tertiary/aromatic N) is 1. The van der Waals surface area contributed by atoms with Crippen LogP contribution in [0.25, 0.3) is 22.4 Å². The lowest BCUT2D eigenvalue weighted by molar-refractivity contribution is 0.174. The summed E-state index contributed by atoms with van der Waals surface area (Å²) < 4.78 is 16.8. The summed E-state index contributed by atoms with van der Waals surface area (Å²) in [5, 5.41) is 12.0. The van der Waals surface area contributed by atoms with Crippen LogP contribution in [0.3, 0.4) is 0 Å². The second-order valence-electron chi connectivity index (χ2n) is 7.23. The average Bonchev–Trinajstić information content (AvgIpc) is 3.30. The van der Waals surface area contributed by atoms with Gasteiger partial charge in [-0.15, -0.1) is 0 Å². The first kappa shape index (κ1) is 18.8. The Kier molecular flexibility index (Phi) is 5.00. The van der Waals surface area contributed by atoms with Gasteiger partial charge in [-0.25, -0.2) is 0 Å². The van der Waals surface area contributed by atoms with Gasteiger partial charge >= 0.3 is 0 Å². The van der Waals surface area contributed by atoms with Crippen LogP contribution in [0.15, 0.2) is 84.9 Å². The van der Waals surface area contributed by atoms with E-state index >= 15 is 0 Å². The van der Waals surface area contributed by atoms with E-state index in [4.69, 9.17) is 14.2 Å². The summed E-state index contributed by atoms with van der Waals surface area (Å²) in [6, 6.07) is 30.1. The average molecular weight is 405 g/mol. The van der Waals surface area contributed by atoms with Crippen LogP contribution in [0.2, 0.25) is 0 Å². The molecule has 4 heteroatoms. The smallest absolute Gasteiger partial charge is 0.231 e. The van der Waals surface area contributed by atoms with Crippen LogP contribution in [0.1, 0.15) is 16.7 Å². The molecule has 0 unspecified atom stereocenters. The van der Waals surface area contributed by atoms with Gasteiger partial charge < -0.3 is 14.2 Å². The third kappa shape index (κ3) is 3.94. The minimum Gasteiger partial charge on any atom is -0.489 e. The Labute approximate surface area is 180 Å². The fourth-order valence-corrected chi connectivity index (χ4v) is 3.65. The Hall–Kier alpha value is -4.23. The van der Waals surface area contributed by atoms with E-state index in [2.05, 4.69) is 36.4 Å². The number of benzene rings is 4. The number of nitriles is 1. The van der Waals surface area contributed by atoms with E-state index in [1.165, 1.54) is 10.8 Å². The zero-order valence-corrected chi connectivity index (χ0v) is 16.7. The Bertz CT molecular complexity index is 1310. The number of fused-ring (bicyclic) bond motifs is 2. The van der Waals surface area contributed by atoms with Crippen molar-refractivity contribution in [3.05, 3.63) is 102 Å². The predicted octanol–water partition coefficient (Wildman–Crippen LogP) is 6.21. The van der Waals surface area contributed by atoms with Gasteiger partial charge in [-0.05, 0) is 63.9 Å². The molecule has 1 aliphatic heterocycles. The van der Waals surface area contributed by atoms with Crippen molar-refractivity contribution in [1.29, 1.82) is 5.26 Å². The van der Waals surface area contributed by atoms with Crippen molar-refractivity contribution < 1.29 is 14.2 Å². The summed E-state index contributed by atoms with van der Waals surface area (Å²) in [7, 11) is 0. The molecule has 0 fully saturated rings. The van der Waals surface area contributed by atoms with Crippen molar-refractivity contribution in [1.82, 2.24) is 0 Å². The van der Waals surface area contributed by atoms with Crippen molar-refractivity contribution in [2.24, 2.45) is 0 Å². The zero-order valence-electron chi connectivity index (χ0n) is 16.7. The van der Waals surface area contributed by atoms with Crippen LogP contribution < -0.4 is 14.2 Å². The molecule has 0 saturated carbocycles. The highest BCUT2D eigenvalue weighted by molar-refractivity contribution is 5.90. The molecule has 150 valence electrons.